The Bertz CT molecular complexity index is 283. The molecule has 0 saturated heterocycles. The van der Waals surface area contributed by atoms with Crippen molar-refractivity contribution in [2.45, 2.75) is 25.4 Å². The van der Waals surface area contributed by atoms with Crippen molar-refractivity contribution < 1.29 is 9.84 Å². The van der Waals surface area contributed by atoms with Gasteiger partial charge < -0.3 is 4.74 Å². The van der Waals surface area contributed by atoms with E-state index in [2.05, 4.69) is 6.07 Å². The topological polar surface area (TPSA) is 29.1 Å². The van der Waals surface area contributed by atoms with Crippen LogP contribution in [0.25, 0.3) is 0 Å². The van der Waals surface area contributed by atoms with Gasteiger partial charge in [-0.1, -0.05) is 18.2 Å². The lowest BCUT2D eigenvalue weighted by molar-refractivity contribution is 0.106. The minimum atomic E-state index is -0.0349. The number of hydrogen-bond donors (Lipinski definition) is 0. The first-order valence-electron chi connectivity index (χ1n) is 4.73. The smallest absolute Gasteiger partial charge is 0.122 e. The molecule has 0 bridgehead atoms. The lowest BCUT2D eigenvalue weighted by Gasteiger charge is -2.25. The van der Waals surface area contributed by atoms with Crippen LogP contribution >= 0.6 is 0 Å². The van der Waals surface area contributed by atoms with Crippen LogP contribution in [-0.4, -0.2) is 12.7 Å². The molecule has 1 aliphatic rings. The van der Waals surface area contributed by atoms with Crippen molar-refractivity contribution in [2.24, 2.45) is 0 Å². The van der Waals surface area contributed by atoms with Crippen molar-refractivity contribution in [2.75, 3.05) is 6.61 Å². The first kappa shape index (κ1) is 8.57. The lowest BCUT2D eigenvalue weighted by atomic mass is 10.0. The summed E-state index contributed by atoms with van der Waals surface area (Å²) >= 11 is 0. The van der Waals surface area contributed by atoms with Crippen LogP contribution in [-0.2, 0) is 11.5 Å². The molecule has 0 aromatic heterocycles. The first-order chi connectivity index (χ1) is 6.40. The third kappa shape index (κ3) is 1.83. The SMILES string of the molecule is [O]CCC1CCc2ccccc2O1. The van der Waals surface area contributed by atoms with Gasteiger partial charge in [-0.2, -0.15) is 0 Å². The highest BCUT2D eigenvalue weighted by Crippen LogP contribution is 2.27. The van der Waals surface area contributed by atoms with E-state index in [0.717, 1.165) is 18.6 Å². The van der Waals surface area contributed by atoms with E-state index >= 15 is 0 Å². The Kier molecular flexibility index (Phi) is 2.50. The van der Waals surface area contributed by atoms with Crippen molar-refractivity contribution in [3.63, 3.8) is 0 Å². The number of benzene rings is 1. The Balaban J connectivity index is 2.11. The van der Waals surface area contributed by atoms with E-state index in [1.165, 1.54) is 5.56 Å². The fraction of sp³-hybridized carbons (Fsp3) is 0.455. The molecule has 13 heavy (non-hydrogen) atoms. The molecule has 1 radical (unpaired) electrons. The fourth-order valence-electron chi connectivity index (χ4n) is 1.72. The lowest BCUT2D eigenvalue weighted by Crippen LogP contribution is -2.23. The predicted octanol–water partition coefficient (Wildman–Crippen LogP) is 2.20. The van der Waals surface area contributed by atoms with Crippen molar-refractivity contribution in [3.05, 3.63) is 29.8 Å². The van der Waals surface area contributed by atoms with E-state index in [4.69, 9.17) is 4.74 Å². The Morgan fingerprint density at radius 3 is 3.08 bits per heavy atom. The number of para-hydroxylation sites is 1. The van der Waals surface area contributed by atoms with Gasteiger partial charge in [0.05, 0.1) is 6.61 Å². The minimum Gasteiger partial charge on any atom is -0.490 e. The molecule has 2 rings (SSSR count). The molecule has 1 aromatic rings. The molecule has 0 saturated carbocycles. The number of hydrogen-bond acceptors (Lipinski definition) is 1. The van der Waals surface area contributed by atoms with Gasteiger partial charge in [0.1, 0.15) is 11.9 Å². The minimum absolute atomic E-state index is 0.0349. The van der Waals surface area contributed by atoms with E-state index in [-0.39, 0.29) is 12.7 Å². The number of rotatable bonds is 2. The fourth-order valence-corrected chi connectivity index (χ4v) is 1.72. The molecular weight excluding hydrogens is 164 g/mol. The molecule has 2 nitrogen and oxygen atoms in total. The molecule has 0 N–H and O–H groups in total. The van der Waals surface area contributed by atoms with Crippen LogP contribution < -0.4 is 4.74 Å². The second kappa shape index (κ2) is 3.79. The van der Waals surface area contributed by atoms with Gasteiger partial charge in [-0.3, -0.25) is 0 Å². The van der Waals surface area contributed by atoms with Crippen molar-refractivity contribution >= 4 is 0 Å². The van der Waals surface area contributed by atoms with Crippen LogP contribution in [0.5, 0.6) is 5.75 Å². The zero-order chi connectivity index (χ0) is 9.10. The van der Waals surface area contributed by atoms with E-state index in [9.17, 15) is 5.11 Å². The molecule has 0 amide bonds. The third-order valence-corrected chi connectivity index (χ3v) is 2.44. The van der Waals surface area contributed by atoms with E-state index in [1.807, 2.05) is 18.2 Å². The molecule has 1 aliphatic heterocycles. The first-order valence-corrected chi connectivity index (χ1v) is 4.73. The maximum atomic E-state index is 10.4. The van der Waals surface area contributed by atoms with Crippen LogP contribution in [0.3, 0.4) is 0 Å². The van der Waals surface area contributed by atoms with E-state index < -0.39 is 0 Å². The summed E-state index contributed by atoms with van der Waals surface area (Å²) in [6.45, 7) is -0.0349. The van der Waals surface area contributed by atoms with Crippen LogP contribution in [0.1, 0.15) is 18.4 Å². The van der Waals surface area contributed by atoms with E-state index in [1.54, 1.807) is 0 Å². The zero-order valence-electron chi connectivity index (χ0n) is 7.53. The molecule has 0 spiro atoms. The monoisotopic (exact) mass is 177 g/mol. The highest BCUT2D eigenvalue weighted by molar-refractivity contribution is 5.34. The Labute approximate surface area is 78.2 Å². The highest BCUT2D eigenvalue weighted by Gasteiger charge is 2.18. The Morgan fingerprint density at radius 2 is 2.23 bits per heavy atom. The average molecular weight is 177 g/mol. The molecule has 0 fully saturated rings. The average Bonchev–Trinajstić information content (AvgIpc) is 2.18. The normalized spacial score (nSPS) is 20.5. The van der Waals surface area contributed by atoms with Gasteiger partial charge in [0.2, 0.25) is 0 Å². The van der Waals surface area contributed by atoms with Crippen molar-refractivity contribution in [3.8, 4) is 5.75 Å². The summed E-state index contributed by atoms with van der Waals surface area (Å²) in [7, 11) is 0. The number of fused-ring (bicyclic) bond motifs is 1. The molecule has 1 unspecified atom stereocenters. The van der Waals surface area contributed by atoms with Gasteiger partial charge >= 0.3 is 0 Å². The van der Waals surface area contributed by atoms with Crippen LogP contribution in [0, 0.1) is 0 Å². The maximum Gasteiger partial charge on any atom is 0.122 e. The van der Waals surface area contributed by atoms with Gasteiger partial charge in [0.15, 0.2) is 0 Å². The summed E-state index contributed by atoms with van der Waals surface area (Å²) < 4.78 is 5.67. The molecular formula is C11H13O2. The van der Waals surface area contributed by atoms with Gasteiger partial charge in [-0.05, 0) is 24.5 Å². The Hall–Kier alpha value is -1.02. The molecule has 69 valence electrons. The second-order valence-corrected chi connectivity index (χ2v) is 3.38. The van der Waals surface area contributed by atoms with Crippen molar-refractivity contribution in [1.29, 1.82) is 0 Å². The largest absolute Gasteiger partial charge is 0.490 e. The van der Waals surface area contributed by atoms with Crippen LogP contribution in [0.4, 0.5) is 0 Å². The Morgan fingerprint density at radius 1 is 1.38 bits per heavy atom. The summed E-state index contributed by atoms with van der Waals surface area (Å²) in [4.78, 5) is 0. The molecule has 2 heteroatoms. The molecule has 1 aromatic carbocycles. The highest BCUT2D eigenvalue weighted by atomic mass is 16.5. The van der Waals surface area contributed by atoms with Gasteiger partial charge in [-0.15, -0.1) is 0 Å². The summed E-state index contributed by atoms with van der Waals surface area (Å²) in [5.41, 5.74) is 1.27. The van der Waals surface area contributed by atoms with Crippen LogP contribution in [0.2, 0.25) is 0 Å². The number of aryl methyl sites for hydroxylation is 1. The van der Waals surface area contributed by atoms with Gasteiger partial charge in [0.25, 0.3) is 0 Å². The second-order valence-electron chi connectivity index (χ2n) is 3.38. The maximum absolute atomic E-state index is 10.4. The third-order valence-electron chi connectivity index (χ3n) is 2.44. The van der Waals surface area contributed by atoms with Crippen LogP contribution in [0.15, 0.2) is 24.3 Å². The van der Waals surface area contributed by atoms with E-state index in [0.29, 0.717) is 6.42 Å². The summed E-state index contributed by atoms with van der Waals surface area (Å²) in [5.74, 6) is 0.965. The zero-order valence-corrected chi connectivity index (χ0v) is 7.53. The van der Waals surface area contributed by atoms with Gasteiger partial charge in [-0.25, -0.2) is 5.11 Å². The molecule has 0 aliphatic carbocycles. The standard InChI is InChI=1S/C11H13O2/c12-8-7-10-6-5-9-3-1-2-4-11(9)13-10/h1-4,10H,5-8H2. The summed E-state index contributed by atoms with van der Waals surface area (Å²) in [6, 6.07) is 8.06. The predicted molar refractivity (Wildman–Crippen MR) is 49.3 cm³/mol. The van der Waals surface area contributed by atoms with Gasteiger partial charge in [0, 0.05) is 6.42 Å². The number of ether oxygens (including phenoxy) is 1. The summed E-state index contributed by atoms with van der Waals surface area (Å²) in [5, 5.41) is 10.4. The molecule has 1 heterocycles. The summed E-state index contributed by atoms with van der Waals surface area (Å²) in [6.07, 6.45) is 2.81. The quantitative estimate of drug-likeness (QED) is 0.680. The molecule has 1 atom stereocenters. The van der Waals surface area contributed by atoms with Crippen molar-refractivity contribution in [1.82, 2.24) is 0 Å².